The summed E-state index contributed by atoms with van der Waals surface area (Å²) >= 11 is 0. The van der Waals surface area contributed by atoms with Gasteiger partial charge in [0.25, 0.3) is 0 Å². The molecule has 1 aromatic heterocycles. The van der Waals surface area contributed by atoms with Gasteiger partial charge in [0, 0.05) is 27.5 Å². The minimum absolute atomic E-state index is 0.0411. The largest absolute Gasteiger partial charge is 0.208 e. The molecule has 0 fully saturated rings. The molecule has 56 heavy (non-hydrogen) atoms. The van der Waals surface area contributed by atoms with E-state index in [1.807, 2.05) is 0 Å². The summed E-state index contributed by atoms with van der Waals surface area (Å²) < 4.78 is 0. The van der Waals surface area contributed by atoms with Gasteiger partial charge in [0.1, 0.15) is 0 Å². The van der Waals surface area contributed by atoms with E-state index in [0.29, 0.717) is 17.5 Å². The number of hydrogen-bond acceptors (Lipinski definition) is 3. The smallest absolute Gasteiger partial charge is 0.164 e. The van der Waals surface area contributed by atoms with E-state index in [2.05, 4.69) is 191 Å². The SMILES string of the molecule is CC1(C)c2ccccc2-c2ccc(-c3ccc4c(c3)C(C)(C)c3cc(-c5nc(-c6cccc7ccccc67)nc(-c6cccc7ccccc67)n5)ccc3-4)cc21. The maximum Gasteiger partial charge on any atom is 0.164 e. The number of fused-ring (bicyclic) bond motifs is 8. The van der Waals surface area contributed by atoms with Gasteiger partial charge >= 0.3 is 0 Å². The summed E-state index contributed by atoms with van der Waals surface area (Å²) in [7, 11) is 0. The second-order valence-corrected chi connectivity index (χ2v) is 16.4. The van der Waals surface area contributed by atoms with Crippen molar-refractivity contribution in [2.75, 3.05) is 0 Å². The van der Waals surface area contributed by atoms with Crippen LogP contribution in [0, 0.1) is 0 Å². The lowest BCUT2D eigenvalue weighted by molar-refractivity contribution is 0.659. The molecule has 0 radical (unpaired) electrons. The molecular formula is C53H39N3. The Morgan fingerprint density at radius 1 is 0.304 bits per heavy atom. The van der Waals surface area contributed by atoms with Gasteiger partial charge < -0.3 is 0 Å². The van der Waals surface area contributed by atoms with Crippen LogP contribution in [0.15, 0.2) is 164 Å². The summed E-state index contributed by atoms with van der Waals surface area (Å²) in [5, 5.41) is 4.55. The van der Waals surface area contributed by atoms with Gasteiger partial charge in [-0.3, -0.25) is 0 Å². The third kappa shape index (κ3) is 4.80. The predicted molar refractivity (Wildman–Crippen MR) is 232 cm³/mol. The van der Waals surface area contributed by atoms with Crippen molar-refractivity contribution in [2.45, 2.75) is 38.5 Å². The van der Waals surface area contributed by atoms with E-state index >= 15 is 0 Å². The molecule has 2 aliphatic rings. The predicted octanol–water partition coefficient (Wildman–Crippen LogP) is 13.5. The van der Waals surface area contributed by atoms with Gasteiger partial charge in [-0.1, -0.05) is 173 Å². The average Bonchev–Trinajstić information content (AvgIpc) is 3.61. The van der Waals surface area contributed by atoms with Gasteiger partial charge in [-0.05, 0) is 95.4 Å². The lowest BCUT2D eigenvalue weighted by Crippen LogP contribution is -2.15. The van der Waals surface area contributed by atoms with Crippen molar-refractivity contribution >= 4 is 21.5 Å². The van der Waals surface area contributed by atoms with Gasteiger partial charge in [0.15, 0.2) is 17.5 Å². The van der Waals surface area contributed by atoms with Gasteiger partial charge in [0.2, 0.25) is 0 Å². The Hall–Kier alpha value is -6.71. The van der Waals surface area contributed by atoms with Crippen molar-refractivity contribution in [1.82, 2.24) is 15.0 Å². The third-order valence-electron chi connectivity index (χ3n) is 12.5. The standard InChI is InChI=1S/C53H39N3/c1-52(2)45-22-10-9-19-39(45)40-26-23-34(29-46(40)52)35-24-27-41-42-28-25-36(31-48(42)53(3,4)47(41)30-35)49-54-50(43-20-11-15-32-13-5-7-17-37(32)43)56-51(55-49)44-21-12-16-33-14-6-8-18-38(33)44/h5-31H,1-4H3. The van der Waals surface area contributed by atoms with Crippen molar-refractivity contribution in [3.63, 3.8) is 0 Å². The fourth-order valence-electron chi connectivity index (χ4n) is 9.53. The molecule has 2 aliphatic carbocycles. The first kappa shape index (κ1) is 32.7. The molecule has 0 atom stereocenters. The first-order chi connectivity index (χ1) is 27.3. The van der Waals surface area contributed by atoms with Gasteiger partial charge in [0.05, 0.1) is 0 Å². The number of nitrogens with zero attached hydrogens (tertiary/aromatic N) is 3. The molecule has 0 N–H and O–H groups in total. The summed E-state index contributed by atoms with van der Waals surface area (Å²) in [5.74, 6) is 2.01. The van der Waals surface area contributed by atoms with Gasteiger partial charge in [-0.15, -0.1) is 0 Å². The summed E-state index contributed by atoms with van der Waals surface area (Å²) in [6.07, 6.45) is 0. The molecule has 11 rings (SSSR count). The zero-order chi connectivity index (χ0) is 37.8. The van der Waals surface area contributed by atoms with E-state index in [1.165, 1.54) is 55.6 Å². The highest BCUT2D eigenvalue weighted by Gasteiger charge is 2.37. The number of hydrogen-bond donors (Lipinski definition) is 0. The van der Waals surface area contributed by atoms with Crippen molar-refractivity contribution in [3.8, 4) is 67.5 Å². The maximum atomic E-state index is 5.24. The van der Waals surface area contributed by atoms with Crippen LogP contribution in [0.1, 0.15) is 49.9 Å². The quantitative estimate of drug-likeness (QED) is 0.182. The molecule has 8 aromatic carbocycles. The highest BCUT2D eigenvalue weighted by atomic mass is 15.0. The normalized spacial score (nSPS) is 14.4. The Balaban J connectivity index is 1.03. The van der Waals surface area contributed by atoms with Crippen LogP contribution >= 0.6 is 0 Å². The van der Waals surface area contributed by atoms with Gasteiger partial charge in [-0.2, -0.15) is 0 Å². The van der Waals surface area contributed by atoms with Crippen molar-refractivity contribution in [3.05, 3.63) is 186 Å². The van der Waals surface area contributed by atoms with Crippen LogP contribution in [0.4, 0.5) is 0 Å². The molecular weight excluding hydrogens is 679 g/mol. The van der Waals surface area contributed by atoms with E-state index in [4.69, 9.17) is 15.0 Å². The first-order valence-corrected chi connectivity index (χ1v) is 19.5. The second kappa shape index (κ2) is 11.9. The highest BCUT2D eigenvalue weighted by Crippen LogP contribution is 2.52. The molecule has 9 aromatic rings. The molecule has 266 valence electrons. The van der Waals surface area contributed by atoms with Crippen LogP contribution in [0.2, 0.25) is 0 Å². The summed E-state index contributed by atoms with van der Waals surface area (Å²) in [5.41, 5.74) is 15.9. The first-order valence-electron chi connectivity index (χ1n) is 19.5. The van der Waals surface area contributed by atoms with Crippen LogP contribution in [-0.2, 0) is 10.8 Å². The third-order valence-corrected chi connectivity index (χ3v) is 12.5. The van der Waals surface area contributed by atoms with Crippen LogP contribution in [0.3, 0.4) is 0 Å². The Bertz CT molecular complexity index is 2990. The highest BCUT2D eigenvalue weighted by molar-refractivity contribution is 5.98. The fraction of sp³-hybridized carbons (Fsp3) is 0.113. The molecule has 0 spiro atoms. The van der Waals surface area contributed by atoms with E-state index < -0.39 is 0 Å². The zero-order valence-corrected chi connectivity index (χ0v) is 31.9. The van der Waals surface area contributed by atoms with E-state index in [9.17, 15) is 0 Å². The van der Waals surface area contributed by atoms with Crippen molar-refractivity contribution in [2.24, 2.45) is 0 Å². The molecule has 3 nitrogen and oxygen atoms in total. The molecule has 0 aliphatic heterocycles. The number of aromatic nitrogens is 3. The Morgan fingerprint density at radius 2 is 0.679 bits per heavy atom. The second-order valence-electron chi connectivity index (χ2n) is 16.4. The summed E-state index contributed by atoms with van der Waals surface area (Å²) in [4.78, 5) is 15.7. The molecule has 0 unspecified atom stereocenters. The van der Waals surface area contributed by atoms with Gasteiger partial charge in [-0.25, -0.2) is 15.0 Å². The molecule has 1 heterocycles. The molecule has 0 saturated carbocycles. The van der Waals surface area contributed by atoms with E-state index in [1.54, 1.807) is 0 Å². The molecule has 0 bridgehead atoms. The Morgan fingerprint density at radius 3 is 1.23 bits per heavy atom. The molecule has 0 saturated heterocycles. The van der Waals surface area contributed by atoms with E-state index in [-0.39, 0.29) is 10.8 Å². The maximum absolute atomic E-state index is 5.24. The number of benzene rings is 8. The van der Waals surface area contributed by atoms with Crippen molar-refractivity contribution < 1.29 is 0 Å². The zero-order valence-electron chi connectivity index (χ0n) is 31.9. The lowest BCUT2D eigenvalue weighted by Gasteiger charge is -2.23. The average molecular weight is 718 g/mol. The summed E-state index contributed by atoms with van der Waals surface area (Å²) in [6, 6.07) is 59.3. The minimum atomic E-state index is -0.229. The Labute approximate surface area is 327 Å². The van der Waals surface area contributed by atoms with Crippen LogP contribution < -0.4 is 0 Å². The number of rotatable bonds is 4. The van der Waals surface area contributed by atoms with Crippen LogP contribution in [-0.4, -0.2) is 15.0 Å². The lowest BCUT2D eigenvalue weighted by atomic mass is 9.80. The van der Waals surface area contributed by atoms with Crippen molar-refractivity contribution in [1.29, 1.82) is 0 Å². The topological polar surface area (TPSA) is 38.7 Å². The minimum Gasteiger partial charge on any atom is -0.208 e. The molecule has 0 amide bonds. The van der Waals surface area contributed by atoms with Crippen LogP contribution in [0.25, 0.3) is 89.1 Å². The van der Waals surface area contributed by atoms with Crippen LogP contribution in [0.5, 0.6) is 0 Å². The fourth-order valence-corrected chi connectivity index (χ4v) is 9.53. The monoisotopic (exact) mass is 717 g/mol. The Kier molecular flexibility index (Phi) is 6.94. The van der Waals surface area contributed by atoms with E-state index in [0.717, 1.165) is 38.2 Å². The molecule has 3 heteroatoms. The summed E-state index contributed by atoms with van der Waals surface area (Å²) in [6.45, 7) is 9.41.